The second kappa shape index (κ2) is 5.88. The molecule has 2 fully saturated rings. The van der Waals surface area contributed by atoms with Crippen LogP contribution in [0.15, 0.2) is 22.7 Å². The molecular formula is C17H22BrNO. The van der Waals surface area contributed by atoms with Crippen LogP contribution in [0.4, 0.5) is 5.69 Å². The van der Waals surface area contributed by atoms with Gasteiger partial charge in [0.2, 0.25) is 0 Å². The summed E-state index contributed by atoms with van der Waals surface area (Å²) in [5.41, 5.74) is 2.52. The van der Waals surface area contributed by atoms with E-state index in [0.29, 0.717) is 5.41 Å². The number of piperidine rings is 1. The van der Waals surface area contributed by atoms with E-state index < -0.39 is 0 Å². The van der Waals surface area contributed by atoms with Gasteiger partial charge in [-0.3, -0.25) is 4.79 Å². The molecule has 1 aliphatic carbocycles. The van der Waals surface area contributed by atoms with Crippen molar-refractivity contribution in [2.75, 3.05) is 18.0 Å². The van der Waals surface area contributed by atoms with E-state index in [-0.39, 0.29) is 0 Å². The Morgan fingerprint density at radius 3 is 2.40 bits per heavy atom. The molecule has 3 rings (SSSR count). The molecule has 20 heavy (non-hydrogen) atoms. The van der Waals surface area contributed by atoms with Crippen LogP contribution in [-0.4, -0.2) is 19.4 Å². The van der Waals surface area contributed by atoms with E-state index in [1.165, 1.54) is 44.9 Å². The van der Waals surface area contributed by atoms with Gasteiger partial charge in [-0.05, 0) is 49.3 Å². The number of aldehydes is 1. The summed E-state index contributed by atoms with van der Waals surface area (Å²) in [5, 5.41) is 0. The first-order chi connectivity index (χ1) is 9.72. The molecule has 1 saturated carbocycles. The lowest BCUT2D eigenvalue weighted by Crippen LogP contribution is -2.41. The topological polar surface area (TPSA) is 20.3 Å². The number of carbonyl (C=O) groups is 1. The summed E-state index contributed by atoms with van der Waals surface area (Å²) in [6.45, 7) is 2.19. The van der Waals surface area contributed by atoms with Gasteiger partial charge in [-0.15, -0.1) is 0 Å². The maximum atomic E-state index is 11.2. The number of hydrogen-bond donors (Lipinski definition) is 0. The molecular weight excluding hydrogens is 314 g/mol. The zero-order chi connectivity index (χ0) is 14.0. The normalized spacial score (nSPS) is 21.9. The van der Waals surface area contributed by atoms with Crippen LogP contribution in [0.5, 0.6) is 0 Å². The second-order valence-electron chi connectivity index (χ2n) is 6.37. The van der Waals surface area contributed by atoms with E-state index in [0.717, 1.165) is 35.1 Å². The highest BCUT2D eigenvalue weighted by molar-refractivity contribution is 9.10. The van der Waals surface area contributed by atoms with Crippen LogP contribution < -0.4 is 4.90 Å². The van der Waals surface area contributed by atoms with E-state index in [4.69, 9.17) is 0 Å². The molecule has 1 heterocycles. The molecule has 0 unspecified atom stereocenters. The zero-order valence-electron chi connectivity index (χ0n) is 11.9. The van der Waals surface area contributed by atoms with Crippen molar-refractivity contribution in [2.24, 2.45) is 5.41 Å². The summed E-state index contributed by atoms with van der Waals surface area (Å²) in [7, 11) is 0. The Balaban J connectivity index is 1.74. The largest absolute Gasteiger partial charge is 0.371 e. The Bertz CT molecular complexity index is 484. The monoisotopic (exact) mass is 335 g/mol. The Morgan fingerprint density at radius 2 is 1.75 bits per heavy atom. The molecule has 0 aromatic heterocycles. The molecule has 1 aromatic carbocycles. The van der Waals surface area contributed by atoms with Gasteiger partial charge in [-0.2, -0.15) is 0 Å². The second-order valence-corrected chi connectivity index (χ2v) is 7.28. The molecule has 108 valence electrons. The van der Waals surface area contributed by atoms with Crippen molar-refractivity contribution in [3.63, 3.8) is 0 Å². The van der Waals surface area contributed by atoms with Crippen LogP contribution in [0.1, 0.15) is 55.3 Å². The standard InChI is InChI=1S/C17H22BrNO/c18-15-5-4-14(13-20)16(12-15)19-10-8-17(9-11-19)6-2-1-3-7-17/h4-5,12-13H,1-3,6-11H2. The van der Waals surface area contributed by atoms with Gasteiger partial charge < -0.3 is 4.90 Å². The van der Waals surface area contributed by atoms with Crippen LogP contribution in [0.3, 0.4) is 0 Å². The molecule has 1 aliphatic heterocycles. The fraction of sp³-hybridized carbons (Fsp3) is 0.588. The minimum atomic E-state index is 0.613. The minimum Gasteiger partial charge on any atom is -0.371 e. The summed E-state index contributed by atoms with van der Waals surface area (Å²) >= 11 is 3.52. The molecule has 1 aromatic rings. The van der Waals surface area contributed by atoms with Crippen molar-refractivity contribution >= 4 is 27.9 Å². The number of rotatable bonds is 2. The van der Waals surface area contributed by atoms with Crippen LogP contribution >= 0.6 is 15.9 Å². The first-order valence-corrected chi connectivity index (χ1v) is 8.51. The van der Waals surface area contributed by atoms with Gasteiger partial charge in [-0.1, -0.05) is 35.2 Å². The van der Waals surface area contributed by atoms with Crippen LogP contribution in [0, 0.1) is 5.41 Å². The molecule has 1 saturated heterocycles. The van der Waals surface area contributed by atoms with E-state index in [2.05, 4.69) is 26.9 Å². The minimum absolute atomic E-state index is 0.613. The lowest BCUT2D eigenvalue weighted by molar-refractivity contribution is 0.112. The van der Waals surface area contributed by atoms with Crippen molar-refractivity contribution in [3.8, 4) is 0 Å². The van der Waals surface area contributed by atoms with Gasteiger partial charge in [0.05, 0.1) is 0 Å². The van der Waals surface area contributed by atoms with E-state index >= 15 is 0 Å². The Kier molecular flexibility index (Phi) is 4.16. The maximum absolute atomic E-state index is 11.2. The van der Waals surface area contributed by atoms with Crippen LogP contribution in [-0.2, 0) is 0 Å². The predicted octanol–water partition coefficient (Wildman–Crippen LogP) is 4.81. The van der Waals surface area contributed by atoms with Crippen molar-refractivity contribution in [3.05, 3.63) is 28.2 Å². The lowest BCUT2D eigenvalue weighted by Gasteiger charge is -2.45. The average molecular weight is 336 g/mol. The van der Waals surface area contributed by atoms with Crippen molar-refractivity contribution < 1.29 is 4.79 Å². The Labute approximate surface area is 129 Å². The molecule has 2 nitrogen and oxygen atoms in total. The highest BCUT2D eigenvalue weighted by atomic mass is 79.9. The molecule has 0 atom stereocenters. The smallest absolute Gasteiger partial charge is 0.152 e. The first kappa shape index (κ1) is 14.1. The number of nitrogens with zero attached hydrogens (tertiary/aromatic N) is 1. The highest BCUT2D eigenvalue weighted by Gasteiger charge is 2.35. The molecule has 3 heteroatoms. The van der Waals surface area contributed by atoms with E-state index in [9.17, 15) is 4.79 Å². The highest BCUT2D eigenvalue weighted by Crippen LogP contribution is 2.45. The van der Waals surface area contributed by atoms with Crippen molar-refractivity contribution in [1.29, 1.82) is 0 Å². The number of anilines is 1. The van der Waals surface area contributed by atoms with Gasteiger partial charge in [0.1, 0.15) is 0 Å². The molecule has 1 spiro atoms. The number of benzene rings is 1. The Morgan fingerprint density at radius 1 is 1.05 bits per heavy atom. The lowest BCUT2D eigenvalue weighted by atomic mass is 9.68. The number of carbonyl (C=O) groups excluding carboxylic acids is 1. The average Bonchev–Trinajstić information content (AvgIpc) is 2.49. The molecule has 0 radical (unpaired) electrons. The summed E-state index contributed by atoms with van der Waals surface area (Å²) in [5.74, 6) is 0. The fourth-order valence-corrected chi connectivity index (χ4v) is 4.26. The van der Waals surface area contributed by atoms with Gasteiger partial charge in [0.15, 0.2) is 6.29 Å². The van der Waals surface area contributed by atoms with Crippen molar-refractivity contribution in [1.82, 2.24) is 0 Å². The van der Waals surface area contributed by atoms with Gasteiger partial charge in [-0.25, -0.2) is 0 Å². The quantitative estimate of drug-likeness (QED) is 0.722. The summed E-state index contributed by atoms with van der Waals surface area (Å²) < 4.78 is 1.05. The SMILES string of the molecule is O=Cc1ccc(Br)cc1N1CCC2(CCCCC2)CC1. The third-order valence-corrected chi connectivity index (χ3v) is 5.69. The van der Waals surface area contributed by atoms with Crippen LogP contribution in [0.2, 0.25) is 0 Å². The van der Waals surface area contributed by atoms with E-state index in [1.807, 2.05) is 12.1 Å². The Hall–Kier alpha value is -0.830. The fourth-order valence-electron chi connectivity index (χ4n) is 3.91. The number of hydrogen-bond acceptors (Lipinski definition) is 2. The van der Waals surface area contributed by atoms with Gasteiger partial charge in [0.25, 0.3) is 0 Å². The predicted molar refractivity (Wildman–Crippen MR) is 86.5 cm³/mol. The summed E-state index contributed by atoms with van der Waals surface area (Å²) in [6.07, 6.45) is 10.6. The van der Waals surface area contributed by atoms with Gasteiger partial charge >= 0.3 is 0 Å². The van der Waals surface area contributed by atoms with E-state index in [1.54, 1.807) is 0 Å². The molecule has 0 bridgehead atoms. The van der Waals surface area contributed by atoms with Crippen molar-refractivity contribution in [2.45, 2.75) is 44.9 Å². The molecule has 2 aliphatic rings. The zero-order valence-corrected chi connectivity index (χ0v) is 13.5. The van der Waals surface area contributed by atoms with Gasteiger partial charge in [0, 0.05) is 28.8 Å². The third kappa shape index (κ3) is 2.78. The summed E-state index contributed by atoms with van der Waals surface area (Å²) in [4.78, 5) is 13.6. The first-order valence-electron chi connectivity index (χ1n) is 7.72. The summed E-state index contributed by atoms with van der Waals surface area (Å²) in [6, 6.07) is 5.94. The molecule has 0 N–H and O–H groups in total. The van der Waals surface area contributed by atoms with Crippen LogP contribution in [0.25, 0.3) is 0 Å². The third-order valence-electron chi connectivity index (χ3n) is 5.20. The maximum Gasteiger partial charge on any atom is 0.152 e. The molecule has 0 amide bonds. The number of halogens is 1.